The average molecular weight is 290 g/mol. The maximum Gasteiger partial charge on any atom is 0.338 e. The maximum absolute atomic E-state index is 11.6. The molecule has 1 saturated carbocycles. The van der Waals surface area contributed by atoms with Crippen LogP contribution in [-0.2, 0) is 4.74 Å². The van der Waals surface area contributed by atoms with Gasteiger partial charge in [0.2, 0.25) is 0 Å². The lowest BCUT2D eigenvalue weighted by molar-refractivity contribution is 0.0600. The fraction of sp³-hybridized carbons (Fsp3) is 0.647. The lowest BCUT2D eigenvalue weighted by Gasteiger charge is -2.45. The lowest BCUT2D eigenvalue weighted by Crippen LogP contribution is -2.40. The number of pyridine rings is 1. The van der Waals surface area contributed by atoms with Gasteiger partial charge >= 0.3 is 5.97 Å². The molecule has 0 spiro atoms. The van der Waals surface area contributed by atoms with Crippen LogP contribution in [0.15, 0.2) is 18.3 Å². The van der Waals surface area contributed by atoms with Gasteiger partial charge in [0, 0.05) is 12.2 Å². The highest BCUT2D eigenvalue weighted by Crippen LogP contribution is 2.46. The van der Waals surface area contributed by atoms with Crippen LogP contribution in [0, 0.1) is 10.8 Å². The molecule has 116 valence electrons. The van der Waals surface area contributed by atoms with Gasteiger partial charge < -0.3 is 10.1 Å². The van der Waals surface area contributed by atoms with Gasteiger partial charge in [-0.25, -0.2) is 9.78 Å². The van der Waals surface area contributed by atoms with Gasteiger partial charge in [-0.2, -0.15) is 0 Å². The standard InChI is InChI=1S/C17H26N2O2/c1-16(2)9-13(10-17(3,4)11-16)19-14-8-12(6-7-18-14)15(20)21-5/h6-8,13H,9-11H2,1-5H3,(H,18,19). The first-order valence-electron chi connectivity index (χ1n) is 7.52. The number of nitrogens with zero attached hydrogens (tertiary/aromatic N) is 1. The zero-order chi connectivity index (χ0) is 15.7. The maximum atomic E-state index is 11.6. The Morgan fingerprint density at radius 3 is 2.48 bits per heavy atom. The van der Waals surface area contributed by atoms with Gasteiger partial charge in [-0.05, 0) is 42.2 Å². The lowest BCUT2D eigenvalue weighted by atomic mass is 9.63. The molecule has 0 aliphatic heterocycles. The number of nitrogens with one attached hydrogen (secondary N) is 1. The minimum atomic E-state index is -0.329. The van der Waals surface area contributed by atoms with E-state index in [1.807, 2.05) is 0 Å². The summed E-state index contributed by atoms with van der Waals surface area (Å²) in [5.74, 6) is 0.418. The van der Waals surface area contributed by atoms with Crippen molar-refractivity contribution in [3.05, 3.63) is 23.9 Å². The van der Waals surface area contributed by atoms with Crippen LogP contribution < -0.4 is 5.32 Å². The van der Waals surface area contributed by atoms with Crippen LogP contribution in [0.4, 0.5) is 5.82 Å². The molecule has 0 aromatic carbocycles. The molecule has 0 atom stereocenters. The Labute approximate surface area is 127 Å². The molecule has 0 amide bonds. The third-order valence-electron chi connectivity index (χ3n) is 4.09. The van der Waals surface area contributed by atoms with Gasteiger partial charge in [0.05, 0.1) is 12.7 Å². The number of hydrogen-bond acceptors (Lipinski definition) is 4. The summed E-state index contributed by atoms with van der Waals surface area (Å²) in [6.45, 7) is 9.28. The van der Waals surface area contributed by atoms with E-state index in [4.69, 9.17) is 4.74 Å². The molecular formula is C17H26N2O2. The molecule has 1 heterocycles. The summed E-state index contributed by atoms with van der Waals surface area (Å²) in [5, 5.41) is 3.49. The van der Waals surface area contributed by atoms with E-state index in [1.165, 1.54) is 13.5 Å². The molecule has 0 radical (unpaired) electrons. The first-order chi connectivity index (χ1) is 9.71. The van der Waals surface area contributed by atoms with Gasteiger partial charge in [0.15, 0.2) is 0 Å². The number of anilines is 1. The summed E-state index contributed by atoms with van der Waals surface area (Å²) in [7, 11) is 1.39. The van der Waals surface area contributed by atoms with Crippen molar-refractivity contribution in [3.8, 4) is 0 Å². The number of ether oxygens (including phenoxy) is 1. The third-order valence-corrected chi connectivity index (χ3v) is 4.09. The molecule has 1 N–H and O–H groups in total. The molecule has 1 aliphatic carbocycles. The third kappa shape index (κ3) is 4.19. The highest BCUT2D eigenvalue weighted by atomic mass is 16.5. The predicted molar refractivity (Wildman–Crippen MR) is 84.4 cm³/mol. The second-order valence-corrected chi connectivity index (χ2v) is 7.68. The van der Waals surface area contributed by atoms with E-state index in [0.717, 1.165) is 18.7 Å². The molecule has 21 heavy (non-hydrogen) atoms. The van der Waals surface area contributed by atoms with E-state index < -0.39 is 0 Å². The van der Waals surface area contributed by atoms with Crippen molar-refractivity contribution in [3.63, 3.8) is 0 Å². The molecule has 0 unspecified atom stereocenters. The van der Waals surface area contributed by atoms with Crippen LogP contribution in [0.2, 0.25) is 0 Å². The molecule has 0 bridgehead atoms. The molecular weight excluding hydrogens is 264 g/mol. The average Bonchev–Trinajstić information content (AvgIpc) is 2.34. The molecule has 1 aromatic rings. The van der Waals surface area contributed by atoms with E-state index in [0.29, 0.717) is 22.4 Å². The normalized spacial score (nSPS) is 20.8. The largest absolute Gasteiger partial charge is 0.465 e. The first-order valence-corrected chi connectivity index (χ1v) is 7.52. The van der Waals surface area contributed by atoms with Crippen LogP contribution in [0.3, 0.4) is 0 Å². The SMILES string of the molecule is COC(=O)c1ccnc(NC2CC(C)(C)CC(C)(C)C2)c1. The van der Waals surface area contributed by atoms with Gasteiger partial charge in [0.25, 0.3) is 0 Å². The second kappa shape index (κ2) is 5.66. The van der Waals surface area contributed by atoms with Crippen molar-refractivity contribution in [2.45, 2.75) is 53.0 Å². The number of aromatic nitrogens is 1. The predicted octanol–water partition coefficient (Wildman–Crippen LogP) is 3.89. The summed E-state index contributed by atoms with van der Waals surface area (Å²) in [5.41, 5.74) is 1.17. The van der Waals surface area contributed by atoms with Crippen molar-refractivity contribution in [1.82, 2.24) is 4.98 Å². The van der Waals surface area contributed by atoms with Crippen molar-refractivity contribution in [1.29, 1.82) is 0 Å². The summed E-state index contributed by atoms with van der Waals surface area (Å²) >= 11 is 0. The van der Waals surface area contributed by atoms with Gasteiger partial charge in [-0.3, -0.25) is 0 Å². The van der Waals surface area contributed by atoms with Crippen molar-refractivity contribution in [2.24, 2.45) is 10.8 Å². The Hall–Kier alpha value is -1.58. The van der Waals surface area contributed by atoms with Crippen LogP contribution in [0.5, 0.6) is 0 Å². The summed E-state index contributed by atoms with van der Waals surface area (Å²) in [6, 6.07) is 3.82. The molecule has 0 saturated heterocycles. The fourth-order valence-corrected chi connectivity index (χ4v) is 3.91. The Morgan fingerprint density at radius 1 is 1.29 bits per heavy atom. The minimum Gasteiger partial charge on any atom is -0.465 e. The molecule has 4 heteroatoms. The Bertz CT molecular complexity index is 507. The zero-order valence-electron chi connectivity index (χ0n) is 13.7. The van der Waals surface area contributed by atoms with Crippen LogP contribution in [0.25, 0.3) is 0 Å². The number of carbonyl (C=O) groups is 1. The number of methoxy groups -OCH3 is 1. The summed E-state index contributed by atoms with van der Waals surface area (Å²) in [6.07, 6.45) is 5.10. The molecule has 1 aliphatic rings. The summed E-state index contributed by atoms with van der Waals surface area (Å²) < 4.78 is 4.75. The van der Waals surface area contributed by atoms with Crippen LogP contribution in [0.1, 0.15) is 57.3 Å². The number of esters is 1. The molecule has 1 fully saturated rings. The fourth-order valence-electron chi connectivity index (χ4n) is 3.91. The van der Waals surface area contributed by atoms with Gasteiger partial charge in [-0.15, -0.1) is 0 Å². The van der Waals surface area contributed by atoms with E-state index in [9.17, 15) is 4.79 Å². The second-order valence-electron chi connectivity index (χ2n) is 7.68. The summed E-state index contributed by atoms with van der Waals surface area (Å²) in [4.78, 5) is 15.9. The quantitative estimate of drug-likeness (QED) is 0.858. The highest BCUT2D eigenvalue weighted by molar-refractivity contribution is 5.89. The van der Waals surface area contributed by atoms with E-state index in [1.54, 1.807) is 18.3 Å². The van der Waals surface area contributed by atoms with Crippen LogP contribution >= 0.6 is 0 Å². The van der Waals surface area contributed by atoms with Crippen LogP contribution in [-0.4, -0.2) is 24.1 Å². The Kier molecular flexibility index (Phi) is 4.26. The van der Waals surface area contributed by atoms with E-state index >= 15 is 0 Å². The molecule has 4 nitrogen and oxygen atoms in total. The van der Waals surface area contributed by atoms with Gasteiger partial charge in [0.1, 0.15) is 5.82 Å². The zero-order valence-corrected chi connectivity index (χ0v) is 13.7. The highest BCUT2D eigenvalue weighted by Gasteiger charge is 2.38. The number of hydrogen-bond donors (Lipinski definition) is 1. The molecule has 2 rings (SSSR count). The Morgan fingerprint density at radius 2 is 1.90 bits per heavy atom. The van der Waals surface area contributed by atoms with Crippen molar-refractivity contribution in [2.75, 3.05) is 12.4 Å². The minimum absolute atomic E-state index is 0.319. The number of rotatable bonds is 3. The van der Waals surface area contributed by atoms with E-state index in [2.05, 4.69) is 38.0 Å². The monoisotopic (exact) mass is 290 g/mol. The van der Waals surface area contributed by atoms with E-state index in [-0.39, 0.29) is 5.97 Å². The van der Waals surface area contributed by atoms with Gasteiger partial charge in [-0.1, -0.05) is 27.7 Å². The first kappa shape index (κ1) is 15.8. The topological polar surface area (TPSA) is 51.2 Å². The number of carbonyl (C=O) groups excluding carboxylic acids is 1. The molecule has 1 aromatic heterocycles. The van der Waals surface area contributed by atoms with Crippen molar-refractivity contribution < 1.29 is 9.53 Å². The smallest absolute Gasteiger partial charge is 0.338 e. The van der Waals surface area contributed by atoms with Crippen molar-refractivity contribution >= 4 is 11.8 Å². The Balaban J connectivity index is 2.12.